The summed E-state index contributed by atoms with van der Waals surface area (Å²) in [6, 6.07) is 7.67. The molecule has 0 saturated carbocycles. The van der Waals surface area contributed by atoms with Crippen LogP contribution in [0, 0.1) is 10.1 Å². The predicted molar refractivity (Wildman–Crippen MR) is 119 cm³/mol. The van der Waals surface area contributed by atoms with Crippen molar-refractivity contribution in [1.82, 2.24) is 15.0 Å². The lowest BCUT2D eigenvalue weighted by molar-refractivity contribution is -0.384. The second kappa shape index (κ2) is 9.00. The molecule has 4 rings (SSSR count). The summed E-state index contributed by atoms with van der Waals surface area (Å²) in [5.41, 5.74) is 0.307. The van der Waals surface area contributed by atoms with Crippen molar-refractivity contribution >= 4 is 51.9 Å². The van der Waals surface area contributed by atoms with Gasteiger partial charge >= 0.3 is 11.9 Å². The van der Waals surface area contributed by atoms with Crippen molar-refractivity contribution in [1.29, 1.82) is 0 Å². The van der Waals surface area contributed by atoms with E-state index in [1.165, 1.54) is 41.9 Å². The highest BCUT2D eigenvalue weighted by Crippen LogP contribution is 2.33. The molecular formula is C20H12ClF3N6O2S. The van der Waals surface area contributed by atoms with Gasteiger partial charge in [0.05, 0.1) is 16.7 Å². The van der Waals surface area contributed by atoms with Gasteiger partial charge in [-0.2, -0.15) is 29.5 Å². The van der Waals surface area contributed by atoms with Crippen LogP contribution in [-0.4, -0.2) is 19.9 Å². The molecule has 3 aromatic heterocycles. The van der Waals surface area contributed by atoms with Crippen LogP contribution in [0.3, 0.4) is 0 Å². The van der Waals surface area contributed by atoms with Gasteiger partial charge < -0.3 is 10.6 Å². The average Bonchev–Trinajstić information content (AvgIpc) is 3.31. The van der Waals surface area contributed by atoms with E-state index in [0.717, 1.165) is 17.7 Å². The summed E-state index contributed by atoms with van der Waals surface area (Å²) in [7, 11) is 0. The Hall–Kier alpha value is -3.77. The second-order valence-electron chi connectivity index (χ2n) is 6.58. The summed E-state index contributed by atoms with van der Waals surface area (Å²) >= 11 is 7.52. The highest BCUT2D eigenvalue weighted by molar-refractivity contribution is 7.08. The molecule has 0 atom stereocenters. The zero-order valence-electron chi connectivity index (χ0n) is 16.3. The number of alkyl halides is 3. The maximum atomic E-state index is 13.0. The van der Waals surface area contributed by atoms with Crippen molar-refractivity contribution in [2.75, 3.05) is 10.6 Å². The van der Waals surface area contributed by atoms with E-state index in [0.29, 0.717) is 5.56 Å². The molecule has 168 valence electrons. The first-order valence-electron chi connectivity index (χ1n) is 9.11. The van der Waals surface area contributed by atoms with Crippen molar-refractivity contribution in [2.24, 2.45) is 0 Å². The Bertz CT molecular complexity index is 1320. The van der Waals surface area contributed by atoms with Crippen molar-refractivity contribution in [3.05, 3.63) is 80.3 Å². The van der Waals surface area contributed by atoms with Crippen LogP contribution in [0.2, 0.25) is 5.02 Å². The Morgan fingerprint density at radius 3 is 2.55 bits per heavy atom. The molecule has 3 heterocycles. The van der Waals surface area contributed by atoms with E-state index in [9.17, 15) is 23.3 Å². The zero-order valence-corrected chi connectivity index (χ0v) is 17.9. The first-order valence-corrected chi connectivity index (χ1v) is 10.4. The first kappa shape index (κ1) is 22.4. The van der Waals surface area contributed by atoms with Gasteiger partial charge in [0, 0.05) is 23.5 Å². The maximum absolute atomic E-state index is 13.0. The van der Waals surface area contributed by atoms with Crippen molar-refractivity contribution in [3.63, 3.8) is 0 Å². The molecule has 4 aromatic rings. The molecule has 0 radical (unpaired) electrons. The molecule has 0 unspecified atom stereocenters. The van der Waals surface area contributed by atoms with Crippen LogP contribution in [0.15, 0.2) is 59.6 Å². The SMILES string of the molecule is O=[N+]([O-])c1cc(-c2ccsc2)cnc1Nc1ncc(Cl)c(Nc2cccc(C(F)(F)F)c2)n1. The van der Waals surface area contributed by atoms with E-state index >= 15 is 0 Å². The molecule has 0 fully saturated rings. The van der Waals surface area contributed by atoms with Gasteiger partial charge in [0.15, 0.2) is 5.82 Å². The Balaban J connectivity index is 1.62. The fourth-order valence-electron chi connectivity index (χ4n) is 2.81. The second-order valence-corrected chi connectivity index (χ2v) is 7.77. The van der Waals surface area contributed by atoms with Crippen LogP contribution in [0.5, 0.6) is 0 Å². The van der Waals surface area contributed by atoms with Crippen LogP contribution in [0.1, 0.15) is 5.56 Å². The lowest BCUT2D eigenvalue weighted by Gasteiger charge is -2.12. The van der Waals surface area contributed by atoms with Gasteiger partial charge in [-0.3, -0.25) is 10.1 Å². The molecule has 0 spiro atoms. The summed E-state index contributed by atoms with van der Waals surface area (Å²) in [5.74, 6) is -0.190. The Morgan fingerprint density at radius 1 is 1.03 bits per heavy atom. The molecule has 33 heavy (non-hydrogen) atoms. The number of nitrogens with zero attached hydrogens (tertiary/aromatic N) is 4. The Kier molecular flexibility index (Phi) is 6.11. The fourth-order valence-corrected chi connectivity index (χ4v) is 3.61. The van der Waals surface area contributed by atoms with Gasteiger partial charge in [-0.1, -0.05) is 17.7 Å². The summed E-state index contributed by atoms with van der Waals surface area (Å²) < 4.78 is 38.9. The van der Waals surface area contributed by atoms with Gasteiger partial charge in [0.1, 0.15) is 5.02 Å². The van der Waals surface area contributed by atoms with E-state index in [4.69, 9.17) is 11.6 Å². The number of nitrogens with one attached hydrogen (secondary N) is 2. The minimum absolute atomic E-state index is 0.00559. The molecule has 0 saturated heterocycles. The van der Waals surface area contributed by atoms with Crippen molar-refractivity contribution in [2.45, 2.75) is 6.18 Å². The Labute approximate surface area is 193 Å². The number of halogens is 4. The maximum Gasteiger partial charge on any atom is 0.416 e. The summed E-state index contributed by atoms with van der Waals surface area (Å²) in [4.78, 5) is 23.2. The van der Waals surface area contributed by atoms with Crippen LogP contribution in [0.25, 0.3) is 11.1 Å². The minimum atomic E-state index is -4.51. The predicted octanol–water partition coefficient (Wildman–Crippen LogP) is 6.67. The molecule has 0 aliphatic heterocycles. The number of rotatable bonds is 6. The molecule has 0 amide bonds. The zero-order chi connectivity index (χ0) is 23.6. The van der Waals surface area contributed by atoms with Crippen LogP contribution >= 0.6 is 22.9 Å². The third-order valence-electron chi connectivity index (χ3n) is 4.35. The molecule has 0 bridgehead atoms. The molecule has 0 aliphatic rings. The van der Waals surface area contributed by atoms with Gasteiger partial charge in [-0.05, 0) is 40.6 Å². The number of hydrogen-bond donors (Lipinski definition) is 2. The number of nitro groups is 1. The number of thiophene rings is 1. The van der Waals surface area contributed by atoms with E-state index < -0.39 is 16.7 Å². The monoisotopic (exact) mass is 492 g/mol. The van der Waals surface area contributed by atoms with Gasteiger partial charge in [0.2, 0.25) is 11.8 Å². The molecular weight excluding hydrogens is 481 g/mol. The molecule has 2 N–H and O–H groups in total. The lowest BCUT2D eigenvalue weighted by Crippen LogP contribution is -2.06. The van der Waals surface area contributed by atoms with E-state index in [-0.39, 0.29) is 34.0 Å². The smallest absolute Gasteiger partial charge is 0.339 e. The summed E-state index contributed by atoms with van der Waals surface area (Å²) in [6.07, 6.45) is -1.84. The normalized spacial score (nSPS) is 11.3. The molecule has 1 aromatic carbocycles. The largest absolute Gasteiger partial charge is 0.416 e. The highest BCUT2D eigenvalue weighted by atomic mass is 35.5. The third kappa shape index (κ3) is 5.18. The van der Waals surface area contributed by atoms with Gasteiger partial charge in [-0.25, -0.2) is 9.97 Å². The van der Waals surface area contributed by atoms with E-state index in [1.54, 1.807) is 0 Å². The number of aromatic nitrogens is 3. The quantitative estimate of drug-likeness (QED) is 0.229. The summed E-state index contributed by atoms with van der Waals surface area (Å²) in [5, 5.41) is 20.6. The van der Waals surface area contributed by atoms with Gasteiger partial charge in [0.25, 0.3) is 0 Å². The number of benzene rings is 1. The molecule has 8 nitrogen and oxygen atoms in total. The topological polar surface area (TPSA) is 106 Å². The molecule has 0 aliphatic carbocycles. The van der Waals surface area contributed by atoms with Gasteiger partial charge in [-0.15, -0.1) is 0 Å². The van der Waals surface area contributed by atoms with E-state index in [1.807, 2.05) is 16.8 Å². The Morgan fingerprint density at radius 2 is 1.85 bits per heavy atom. The van der Waals surface area contributed by atoms with Crippen LogP contribution < -0.4 is 10.6 Å². The third-order valence-corrected chi connectivity index (χ3v) is 5.31. The lowest BCUT2D eigenvalue weighted by atomic mass is 10.1. The highest BCUT2D eigenvalue weighted by Gasteiger charge is 2.30. The standard InChI is InChI=1S/C20H12ClF3N6O2S/c21-15-9-26-19(28-17(15)27-14-3-1-2-13(7-14)20(22,23)24)29-18-16(30(31)32)6-12(8-25-18)11-4-5-33-10-11/h1-10H,(H2,25,26,27,28,29). The average molecular weight is 493 g/mol. The first-order chi connectivity index (χ1) is 15.7. The van der Waals surface area contributed by atoms with E-state index in [2.05, 4.69) is 25.6 Å². The van der Waals surface area contributed by atoms with Crippen LogP contribution in [0.4, 0.5) is 42.1 Å². The van der Waals surface area contributed by atoms with Crippen molar-refractivity contribution < 1.29 is 18.1 Å². The number of anilines is 4. The molecule has 13 heteroatoms. The van der Waals surface area contributed by atoms with Crippen LogP contribution in [-0.2, 0) is 6.18 Å². The van der Waals surface area contributed by atoms with Crippen molar-refractivity contribution in [3.8, 4) is 11.1 Å². The minimum Gasteiger partial charge on any atom is -0.339 e. The number of hydrogen-bond acceptors (Lipinski definition) is 8. The summed E-state index contributed by atoms with van der Waals surface area (Å²) in [6.45, 7) is 0. The fraction of sp³-hybridized carbons (Fsp3) is 0.0500. The number of pyridine rings is 1.